The van der Waals surface area contributed by atoms with Crippen LogP contribution in [-0.2, 0) is 0 Å². The number of aliphatic hydroxyl groups excluding tert-OH is 1. The number of aliphatic imine (C=N–C) groups is 1. The molecule has 1 unspecified atom stereocenters. The summed E-state index contributed by atoms with van der Waals surface area (Å²) in [6, 6.07) is 5.96. The van der Waals surface area contributed by atoms with E-state index < -0.39 is 6.10 Å². The van der Waals surface area contributed by atoms with Crippen LogP contribution in [0, 0.1) is 11.2 Å². The molecule has 1 heterocycles. The highest BCUT2D eigenvalue weighted by Crippen LogP contribution is 2.47. The number of guanidine groups is 1. The van der Waals surface area contributed by atoms with Crippen LogP contribution in [0.15, 0.2) is 29.3 Å². The lowest BCUT2D eigenvalue weighted by molar-refractivity contribution is 0.151. The standard InChI is InChI=1S/C18H26FN3O.HI/c1-2-20-17(22-11-10-18(13-22)8-3-9-18)21-12-16(23)14-4-6-15(19)7-5-14;/h4-7,16,23H,2-3,8-13H2,1H3,(H,20,21);1H. The molecular formula is C18H27FIN3O. The summed E-state index contributed by atoms with van der Waals surface area (Å²) in [5.74, 6) is 0.595. The summed E-state index contributed by atoms with van der Waals surface area (Å²) in [7, 11) is 0. The van der Waals surface area contributed by atoms with Gasteiger partial charge in [-0.05, 0) is 49.3 Å². The van der Waals surface area contributed by atoms with Crippen molar-refractivity contribution >= 4 is 29.9 Å². The number of aliphatic hydroxyl groups is 1. The van der Waals surface area contributed by atoms with E-state index in [4.69, 9.17) is 0 Å². The van der Waals surface area contributed by atoms with E-state index in [1.165, 1.54) is 37.8 Å². The number of nitrogens with one attached hydrogen (secondary N) is 1. The van der Waals surface area contributed by atoms with Gasteiger partial charge in [-0.3, -0.25) is 4.99 Å². The van der Waals surface area contributed by atoms with Gasteiger partial charge in [0.1, 0.15) is 5.82 Å². The van der Waals surface area contributed by atoms with Crippen LogP contribution in [0.4, 0.5) is 4.39 Å². The molecular weight excluding hydrogens is 420 g/mol. The molecule has 4 nitrogen and oxygen atoms in total. The highest BCUT2D eigenvalue weighted by molar-refractivity contribution is 14.0. The Kier molecular flexibility index (Phi) is 6.86. The molecule has 1 atom stereocenters. The van der Waals surface area contributed by atoms with Crippen LogP contribution in [0.2, 0.25) is 0 Å². The maximum Gasteiger partial charge on any atom is 0.194 e. The largest absolute Gasteiger partial charge is 0.386 e. The van der Waals surface area contributed by atoms with Gasteiger partial charge in [0, 0.05) is 19.6 Å². The average Bonchev–Trinajstić information content (AvgIpc) is 2.97. The van der Waals surface area contributed by atoms with Crippen molar-refractivity contribution < 1.29 is 9.50 Å². The first-order chi connectivity index (χ1) is 11.1. The van der Waals surface area contributed by atoms with E-state index >= 15 is 0 Å². The molecule has 134 valence electrons. The fraction of sp³-hybridized carbons (Fsp3) is 0.611. The van der Waals surface area contributed by atoms with Gasteiger partial charge in [-0.15, -0.1) is 24.0 Å². The lowest BCUT2D eigenvalue weighted by Gasteiger charge is -2.38. The minimum Gasteiger partial charge on any atom is -0.386 e. The van der Waals surface area contributed by atoms with Gasteiger partial charge in [-0.2, -0.15) is 0 Å². The molecule has 3 rings (SSSR count). The number of hydrogen-bond donors (Lipinski definition) is 2. The van der Waals surface area contributed by atoms with Crippen LogP contribution >= 0.6 is 24.0 Å². The summed E-state index contributed by atoms with van der Waals surface area (Å²) >= 11 is 0. The van der Waals surface area contributed by atoms with E-state index in [0.29, 0.717) is 11.0 Å². The molecule has 6 heteroatoms. The van der Waals surface area contributed by atoms with E-state index in [-0.39, 0.29) is 36.3 Å². The quantitative estimate of drug-likeness (QED) is 0.423. The zero-order valence-corrected chi connectivity index (χ0v) is 16.5. The normalized spacial score (nSPS) is 20.5. The molecule has 0 radical (unpaired) electrons. The summed E-state index contributed by atoms with van der Waals surface area (Å²) in [5, 5.41) is 13.6. The van der Waals surface area contributed by atoms with Crippen molar-refractivity contribution in [3.05, 3.63) is 35.6 Å². The number of halogens is 2. The first kappa shape index (κ1) is 19.4. The molecule has 24 heavy (non-hydrogen) atoms. The van der Waals surface area contributed by atoms with Crippen molar-refractivity contribution in [2.45, 2.75) is 38.7 Å². The summed E-state index contributed by atoms with van der Waals surface area (Å²) < 4.78 is 13.0. The number of rotatable bonds is 4. The molecule has 1 aromatic rings. The van der Waals surface area contributed by atoms with E-state index in [0.717, 1.165) is 25.6 Å². The van der Waals surface area contributed by atoms with E-state index in [9.17, 15) is 9.50 Å². The number of benzene rings is 1. The molecule has 2 fully saturated rings. The van der Waals surface area contributed by atoms with Gasteiger partial charge in [0.05, 0.1) is 12.6 Å². The molecule has 1 aliphatic carbocycles. The van der Waals surface area contributed by atoms with Crippen LogP contribution in [0.1, 0.15) is 44.3 Å². The Hall–Kier alpha value is -0.890. The average molecular weight is 447 g/mol. The lowest BCUT2D eigenvalue weighted by atomic mass is 9.68. The molecule has 1 aliphatic heterocycles. The molecule has 0 amide bonds. The van der Waals surface area contributed by atoms with Gasteiger partial charge < -0.3 is 15.3 Å². The summed E-state index contributed by atoms with van der Waals surface area (Å²) in [4.78, 5) is 6.93. The summed E-state index contributed by atoms with van der Waals surface area (Å²) in [5.41, 5.74) is 1.22. The third-order valence-corrected chi connectivity index (χ3v) is 5.16. The fourth-order valence-electron chi connectivity index (χ4n) is 3.59. The Balaban J connectivity index is 0.00000208. The highest BCUT2D eigenvalue weighted by atomic mass is 127. The van der Waals surface area contributed by atoms with Gasteiger partial charge in [-0.25, -0.2) is 4.39 Å². The third kappa shape index (κ3) is 4.39. The maximum absolute atomic E-state index is 13.0. The fourth-order valence-corrected chi connectivity index (χ4v) is 3.59. The first-order valence-electron chi connectivity index (χ1n) is 8.59. The van der Waals surface area contributed by atoms with Crippen molar-refractivity contribution in [2.75, 3.05) is 26.2 Å². The Bertz CT molecular complexity index is 560. The van der Waals surface area contributed by atoms with Gasteiger partial charge in [-0.1, -0.05) is 18.6 Å². The zero-order valence-electron chi connectivity index (χ0n) is 14.2. The molecule has 1 aromatic carbocycles. The van der Waals surface area contributed by atoms with E-state index in [1.54, 1.807) is 12.1 Å². The molecule has 1 saturated carbocycles. The van der Waals surface area contributed by atoms with Crippen molar-refractivity contribution in [1.29, 1.82) is 0 Å². The summed E-state index contributed by atoms with van der Waals surface area (Å²) in [6.45, 7) is 5.28. The molecule has 2 N–H and O–H groups in total. The second kappa shape index (κ2) is 8.47. The highest BCUT2D eigenvalue weighted by Gasteiger charge is 2.43. The number of nitrogens with zero attached hydrogens (tertiary/aromatic N) is 2. The number of likely N-dealkylation sites (tertiary alicyclic amines) is 1. The Morgan fingerprint density at radius 2 is 2.04 bits per heavy atom. The minimum atomic E-state index is -0.704. The van der Waals surface area contributed by atoms with E-state index in [2.05, 4.69) is 22.1 Å². The van der Waals surface area contributed by atoms with Crippen LogP contribution in [-0.4, -0.2) is 42.1 Å². The Labute approximate surface area is 160 Å². The van der Waals surface area contributed by atoms with E-state index in [1.807, 2.05) is 0 Å². The van der Waals surface area contributed by atoms with Crippen molar-refractivity contribution in [1.82, 2.24) is 10.2 Å². The van der Waals surface area contributed by atoms with Gasteiger partial charge in [0.15, 0.2) is 5.96 Å². The SMILES string of the molecule is CCNC(=NCC(O)c1ccc(F)cc1)N1CCC2(CCC2)C1.I. The predicted molar refractivity (Wildman–Crippen MR) is 105 cm³/mol. The van der Waals surface area contributed by atoms with Crippen LogP contribution < -0.4 is 5.32 Å². The topological polar surface area (TPSA) is 47.9 Å². The summed E-state index contributed by atoms with van der Waals surface area (Å²) in [6.07, 6.45) is 4.56. The van der Waals surface area contributed by atoms with Crippen LogP contribution in [0.3, 0.4) is 0 Å². The van der Waals surface area contributed by atoms with Crippen molar-refractivity contribution in [2.24, 2.45) is 10.4 Å². The third-order valence-electron chi connectivity index (χ3n) is 5.16. The van der Waals surface area contributed by atoms with Gasteiger partial charge in [0.2, 0.25) is 0 Å². The Morgan fingerprint density at radius 1 is 1.33 bits per heavy atom. The molecule has 0 bridgehead atoms. The van der Waals surface area contributed by atoms with Crippen molar-refractivity contribution in [3.63, 3.8) is 0 Å². The maximum atomic E-state index is 13.0. The van der Waals surface area contributed by atoms with Crippen LogP contribution in [0.5, 0.6) is 0 Å². The van der Waals surface area contributed by atoms with Crippen LogP contribution in [0.25, 0.3) is 0 Å². The molecule has 0 aromatic heterocycles. The molecule has 1 spiro atoms. The molecule has 2 aliphatic rings. The van der Waals surface area contributed by atoms with Crippen molar-refractivity contribution in [3.8, 4) is 0 Å². The monoisotopic (exact) mass is 447 g/mol. The minimum absolute atomic E-state index is 0. The zero-order chi connectivity index (χ0) is 16.3. The van der Waals surface area contributed by atoms with Gasteiger partial charge >= 0.3 is 0 Å². The Morgan fingerprint density at radius 3 is 2.58 bits per heavy atom. The van der Waals surface area contributed by atoms with Gasteiger partial charge in [0.25, 0.3) is 0 Å². The molecule has 1 saturated heterocycles. The lowest BCUT2D eigenvalue weighted by Crippen LogP contribution is -2.42. The second-order valence-corrected chi connectivity index (χ2v) is 6.79. The predicted octanol–water partition coefficient (Wildman–Crippen LogP) is 3.32. The smallest absolute Gasteiger partial charge is 0.194 e. The number of hydrogen-bond acceptors (Lipinski definition) is 2. The second-order valence-electron chi connectivity index (χ2n) is 6.79. The first-order valence-corrected chi connectivity index (χ1v) is 8.59.